The van der Waals surface area contributed by atoms with Crippen molar-refractivity contribution in [2.24, 2.45) is 0 Å². The van der Waals surface area contributed by atoms with E-state index in [2.05, 4.69) is 5.48 Å². The highest BCUT2D eigenvalue weighted by Gasteiger charge is 2.15. The Labute approximate surface area is 125 Å². The Bertz CT molecular complexity index is 545. The molecule has 0 saturated carbocycles. The van der Waals surface area contributed by atoms with E-state index in [9.17, 15) is 5.11 Å². The van der Waals surface area contributed by atoms with E-state index >= 15 is 0 Å². The summed E-state index contributed by atoms with van der Waals surface area (Å²) in [6.45, 7) is 1.90. The van der Waals surface area contributed by atoms with E-state index in [0.717, 1.165) is 16.9 Å². The van der Waals surface area contributed by atoms with Crippen LogP contribution in [-0.4, -0.2) is 18.8 Å². The summed E-state index contributed by atoms with van der Waals surface area (Å²) < 4.78 is 5.34. The van der Waals surface area contributed by atoms with Crippen molar-refractivity contribution in [2.75, 3.05) is 13.7 Å². The third-order valence-corrected chi connectivity index (χ3v) is 3.33. The molecule has 0 saturated heterocycles. The van der Waals surface area contributed by atoms with Crippen LogP contribution in [0.25, 0.3) is 0 Å². The molecule has 0 aliphatic rings. The van der Waals surface area contributed by atoms with Gasteiger partial charge in [-0.2, -0.15) is 5.48 Å². The second-order valence-electron chi connectivity index (χ2n) is 4.78. The van der Waals surface area contributed by atoms with Gasteiger partial charge in [0.1, 0.15) is 11.9 Å². The van der Waals surface area contributed by atoms with Gasteiger partial charge in [-0.1, -0.05) is 48.5 Å². The van der Waals surface area contributed by atoms with Crippen LogP contribution >= 0.6 is 0 Å². The maximum atomic E-state index is 9.47. The minimum atomic E-state index is -0.400. The molecule has 4 nitrogen and oxygen atoms in total. The van der Waals surface area contributed by atoms with E-state index in [4.69, 9.17) is 9.57 Å². The number of aliphatic hydroxyl groups excluding tert-OH is 1. The molecule has 4 heteroatoms. The summed E-state index contributed by atoms with van der Waals surface area (Å²) in [4.78, 5) is 5.64. The van der Waals surface area contributed by atoms with Crippen LogP contribution in [0.15, 0.2) is 54.6 Å². The summed E-state index contributed by atoms with van der Waals surface area (Å²) in [5.74, 6) is 0.807. The molecule has 2 atom stereocenters. The molecule has 0 heterocycles. The summed E-state index contributed by atoms with van der Waals surface area (Å²) in [5, 5.41) is 9.47. The smallest absolute Gasteiger partial charge is 0.127 e. The molecule has 0 aliphatic heterocycles. The van der Waals surface area contributed by atoms with Gasteiger partial charge in [0.15, 0.2) is 0 Å². The molecule has 112 valence electrons. The normalized spacial score (nSPS) is 13.7. The van der Waals surface area contributed by atoms with Gasteiger partial charge in [-0.05, 0) is 18.6 Å². The molecule has 0 spiro atoms. The maximum Gasteiger partial charge on any atom is 0.127 e. The summed E-state index contributed by atoms with van der Waals surface area (Å²) in [5.41, 5.74) is 4.92. The van der Waals surface area contributed by atoms with E-state index in [1.54, 1.807) is 7.11 Å². The van der Waals surface area contributed by atoms with Crippen molar-refractivity contribution in [2.45, 2.75) is 19.1 Å². The number of methoxy groups -OCH3 is 1. The molecule has 0 aromatic heterocycles. The second kappa shape index (κ2) is 7.78. The van der Waals surface area contributed by atoms with E-state index in [1.165, 1.54) is 0 Å². The van der Waals surface area contributed by atoms with Crippen molar-refractivity contribution in [3.63, 3.8) is 0 Å². The Balaban J connectivity index is 2.01. The first-order chi connectivity index (χ1) is 10.3. The second-order valence-corrected chi connectivity index (χ2v) is 4.78. The van der Waals surface area contributed by atoms with Crippen molar-refractivity contribution in [1.82, 2.24) is 5.48 Å². The fraction of sp³-hybridized carbons (Fsp3) is 0.294. The molecule has 0 radical (unpaired) electrons. The van der Waals surface area contributed by atoms with Gasteiger partial charge in [-0.3, -0.25) is 4.84 Å². The topological polar surface area (TPSA) is 50.7 Å². The number of benzene rings is 2. The van der Waals surface area contributed by atoms with Crippen LogP contribution in [0.4, 0.5) is 0 Å². The van der Waals surface area contributed by atoms with Crippen molar-refractivity contribution < 1.29 is 14.7 Å². The van der Waals surface area contributed by atoms with E-state index < -0.39 is 6.10 Å². The van der Waals surface area contributed by atoms with Crippen molar-refractivity contribution in [1.29, 1.82) is 0 Å². The van der Waals surface area contributed by atoms with Crippen LogP contribution in [0.2, 0.25) is 0 Å². The standard InChI is InChI=1S/C17H21NO3/c1-13(15-10-6-7-11-16(15)20-2)18-21-17(12-19)14-8-4-3-5-9-14/h3-11,13,17-19H,12H2,1-2H3/t13-,17-/m1/s1. The average molecular weight is 287 g/mol. The highest BCUT2D eigenvalue weighted by Crippen LogP contribution is 2.25. The molecule has 2 N–H and O–H groups in total. The first-order valence-corrected chi connectivity index (χ1v) is 6.96. The molecule has 0 amide bonds. The Morgan fingerprint density at radius 2 is 1.71 bits per heavy atom. The van der Waals surface area contributed by atoms with Gasteiger partial charge in [-0.15, -0.1) is 0 Å². The van der Waals surface area contributed by atoms with Crippen LogP contribution in [-0.2, 0) is 4.84 Å². The summed E-state index contributed by atoms with van der Waals surface area (Å²) in [6.07, 6.45) is -0.400. The lowest BCUT2D eigenvalue weighted by Gasteiger charge is -2.21. The molecule has 0 unspecified atom stereocenters. The number of hydrogen-bond acceptors (Lipinski definition) is 4. The fourth-order valence-corrected chi connectivity index (χ4v) is 2.15. The number of hydroxylamine groups is 1. The number of rotatable bonds is 7. The Kier molecular flexibility index (Phi) is 5.75. The fourth-order valence-electron chi connectivity index (χ4n) is 2.15. The maximum absolute atomic E-state index is 9.47. The molecule has 0 aliphatic carbocycles. The Morgan fingerprint density at radius 3 is 2.38 bits per heavy atom. The first kappa shape index (κ1) is 15.5. The minimum Gasteiger partial charge on any atom is -0.496 e. The SMILES string of the molecule is COc1ccccc1[C@@H](C)NO[C@H](CO)c1ccccc1. The first-order valence-electron chi connectivity index (χ1n) is 6.96. The van der Waals surface area contributed by atoms with E-state index in [-0.39, 0.29) is 12.6 Å². The molecular formula is C17H21NO3. The van der Waals surface area contributed by atoms with Crippen molar-refractivity contribution in [3.05, 3.63) is 65.7 Å². The molecule has 2 aromatic carbocycles. The molecule has 0 fully saturated rings. The average Bonchev–Trinajstić information content (AvgIpc) is 2.56. The van der Waals surface area contributed by atoms with Gasteiger partial charge >= 0.3 is 0 Å². The molecule has 21 heavy (non-hydrogen) atoms. The third-order valence-electron chi connectivity index (χ3n) is 3.33. The zero-order valence-corrected chi connectivity index (χ0v) is 12.3. The minimum absolute atomic E-state index is 0.0566. The van der Waals surface area contributed by atoms with Crippen LogP contribution in [0, 0.1) is 0 Å². The predicted molar refractivity (Wildman–Crippen MR) is 81.9 cm³/mol. The van der Waals surface area contributed by atoms with Crippen LogP contribution < -0.4 is 10.2 Å². The Hall–Kier alpha value is -1.88. The van der Waals surface area contributed by atoms with Gasteiger partial charge < -0.3 is 9.84 Å². The number of hydrogen-bond donors (Lipinski definition) is 2. The van der Waals surface area contributed by atoms with Gasteiger partial charge in [0, 0.05) is 5.56 Å². The number of nitrogens with one attached hydrogen (secondary N) is 1. The van der Waals surface area contributed by atoms with Gasteiger partial charge in [0.05, 0.1) is 19.8 Å². The monoisotopic (exact) mass is 287 g/mol. The van der Waals surface area contributed by atoms with Crippen LogP contribution in [0.5, 0.6) is 5.75 Å². The zero-order chi connectivity index (χ0) is 15.1. The van der Waals surface area contributed by atoms with Gasteiger partial charge in [-0.25, -0.2) is 0 Å². The molecule has 2 rings (SSSR count). The third kappa shape index (κ3) is 4.04. The summed E-state index contributed by atoms with van der Waals surface area (Å²) >= 11 is 0. The number of para-hydroxylation sites is 1. The van der Waals surface area contributed by atoms with Crippen LogP contribution in [0.3, 0.4) is 0 Å². The quantitative estimate of drug-likeness (QED) is 0.769. The Morgan fingerprint density at radius 1 is 1.05 bits per heavy atom. The van der Waals surface area contributed by atoms with E-state index in [1.807, 2.05) is 61.5 Å². The molecule has 2 aromatic rings. The highest BCUT2D eigenvalue weighted by molar-refractivity contribution is 5.35. The molecular weight excluding hydrogens is 266 g/mol. The van der Waals surface area contributed by atoms with E-state index in [0.29, 0.717) is 0 Å². The largest absolute Gasteiger partial charge is 0.496 e. The van der Waals surface area contributed by atoms with Crippen molar-refractivity contribution in [3.8, 4) is 5.75 Å². The predicted octanol–water partition coefficient (Wildman–Crippen LogP) is 3.01. The lowest BCUT2D eigenvalue weighted by molar-refractivity contribution is -0.0670. The van der Waals surface area contributed by atoms with Crippen molar-refractivity contribution >= 4 is 0 Å². The highest BCUT2D eigenvalue weighted by atomic mass is 16.7. The summed E-state index contributed by atoms with van der Waals surface area (Å²) in [6, 6.07) is 17.3. The van der Waals surface area contributed by atoms with Gasteiger partial charge in [0.2, 0.25) is 0 Å². The van der Waals surface area contributed by atoms with Crippen LogP contribution in [0.1, 0.15) is 30.2 Å². The zero-order valence-electron chi connectivity index (χ0n) is 12.3. The lowest BCUT2D eigenvalue weighted by Crippen LogP contribution is -2.24. The van der Waals surface area contributed by atoms with Gasteiger partial charge in [0.25, 0.3) is 0 Å². The number of aliphatic hydroxyl groups is 1. The summed E-state index contributed by atoms with van der Waals surface area (Å²) in [7, 11) is 1.65. The lowest BCUT2D eigenvalue weighted by atomic mass is 10.1. The number of ether oxygens (including phenoxy) is 1. The molecule has 0 bridgehead atoms.